The number of aryl methyl sites for hydroxylation is 2. The normalized spacial score (nSPS) is 12.3. The Kier molecular flexibility index (Phi) is 10.7. The monoisotopic (exact) mass is 526 g/mol. The van der Waals surface area contributed by atoms with Crippen LogP contribution < -0.4 is 10.6 Å². The van der Waals surface area contributed by atoms with E-state index in [9.17, 15) is 13.2 Å². The van der Waals surface area contributed by atoms with Gasteiger partial charge in [0.2, 0.25) is 0 Å². The Morgan fingerprint density at radius 3 is 2.48 bits per heavy atom. The van der Waals surface area contributed by atoms with Crippen LogP contribution in [0.5, 0.6) is 0 Å². The Morgan fingerprint density at radius 2 is 1.83 bits per heavy atom. The largest absolute Gasteiger partial charge is 0.401 e. The molecule has 10 heteroatoms. The number of nitrogens with zero attached hydrogens (tertiary/aromatic N) is 4. The number of guanidine groups is 1. The summed E-state index contributed by atoms with van der Waals surface area (Å²) >= 11 is 0. The first-order chi connectivity index (χ1) is 13.3. The Morgan fingerprint density at radius 1 is 1.17 bits per heavy atom. The van der Waals surface area contributed by atoms with E-state index in [2.05, 4.69) is 31.2 Å². The van der Waals surface area contributed by atoms with Crippen LogP contribution in [0.25, 0.3) is 11.0 Å². The third-order valence-electron chi connectivity index (χ3n) is 4.38. The number of hydrogen-bond donors (Lipinski definition) is 2. The van der Waals surface area contributed by atoms with Crippen LogP contribution in [0.2, 0.25) is 0 Å². The molecule has 164 valence electrons. The smallest absolute Gasteiger partial charge is 0.356 e. The topological polar surface area (TPSA) is 57.5 Å². The second-order valence-electron chi connectivity index (χ2n) is 6.79. The highest BCUT2D eigenvalue weighted by Gasteiger charge is 2.28. The molecule has 2 rings (SSSR count). The number of aliphatic imine (C=N–C) groups is 1. The van der Waals surface area contributed by atoms with E-state index in [0.29, 0.717) is 25.5 Å². The molecule has 29 heavy (non-hydrogen) atoms. The van der Waals surface area contributed by atoms with Crippen molar-refractivity contribution in [3.8, 4) is 0 Å². The Balaban J connectivity index is 0.00000420. The minimum atomic E-state index is -4.15. The van der Waals surface area contributed by atoms with Gasteiger partial charge in [-0.1, -0.05) is 12.1 Å². The molecule has 1 aromatic carbocycles. The summed E-state index contributed by atoms with van der Waals surface area (Å²) < 4.78 is 39.1. The van der Waals surface area contributed by atoms with Crippen molar-refractivity contribution in [3.05, 3.63) is 30.1 Å². The molecule has 0 fully saturated rings. The number of benzene rings is 1. The molecule has 2 N–H and O–H groups in total. The first kappa shape index (κ1) is 25.5. The number of rotatable bonds is 9. The molecule has 1 heterocycles. The average molecular weight is 526 g/mol. The lowest BCUT2D eigenvalue weighted by molar-refractivity contribution is -0.143. The van der Waals surface area contributed by atoms with Gasteiger partial charge in [-0.3, -0.25) is 9.89 Å². The molecular weight excluding hydrogens is 496 g/mol. The number of para-hydroxylation sites is 2. The van der Waals surface area contributed by atoms with Gasteiger partial charge in [0.1, 0.15) is 5.82 Å². The van der Waals surface area contributed by atoms with Crippen molar-refractivity contribution in [1.82, 2.24) is 25.1 Å². The van der Waals surface area contributed by atoms with Crippen LogP contribution in [0, 0.1) is 6.92 Å². The summed E-state index contributed by atoms with van der Waals surface area (Å²) in [5, 5.41) is 6.37. The summed E-state index contributed by atoms with van der Waals surface area (Å²) in [7, 11) is 3.15. The minimum Gasteiger partial charge on any atom is -0.356 e. The molecule has 0 unspecified atom stereocenters. The fraction of sp³-hybridized carbons (Fsp3) is 0.579. The Labute approximate surface area is 187 Å². The Hall–Kier alpha value is -1.56. The van der Waals surface area contributed by atoms with Crippen LogP contribution in [0.1, 0.15) is 18.7 Å². The van der Waals surface area contributed by atoms with E-state index in [-0.39, 0.29) is 24.0 Å². The van der Waals surface area contributed by atoms with E-state index in [1.54, 1.807) is 7.05 Å². The van der Waals surface area contributed by atoms with Crippen LogP contribution in [0.15, 0.2) is 29.3 Å². The molecule has 0 aliphatic heterocycles. The fourth-order valence-electron chi connectivity index (χ4n) is 3.08. The van der Waals surface area contributed by atoms with E-state index in [0.717, 1.165) is 36.4 Å². The van der Waals surface area contributed by atoms with E-state index >= 15 is 0 Å². The van der Waals surface area contributed by atoms with Crippen molar-refractivity contribution in [3.63, 3.8) is 0 Å². The van der Waals surface area contributed by atoms with Crippen LogP contribution in [-0.2, 0) is 6.54 Å². The van der Waals surface area contributed by atoms with Gasteiger partial charge in [0.25, 0.3) is 0 Å². The first-order valence-electron chi connectivity index (χ1n) is 9.42. The maximum absolute atomic E-state index is 12.3. The summed E-state index contributed by atoms with van der Waals surface area (Å²) in [6, 6.07) is 8.07. The third kappa shape index (κ3) is 8.77. The van der Waals surface area contributed by atoms with Gasteiger partial charge in [-0.25, -0.2) is 4.98 Å². The fourth-order valence-corrected chi connectivity index (χ4v) is 3.08. The minimum absolute atomic E-state index is 0. The number of nitrogens with one attached hydrogen (secondary N) is 2. The first-order valence-corrected chi connectivity index (χ1v) is 9.42. The number of alkyl halides is 3. The highest BCUT2D eigenvalue weighted by atomic mass is 127. The van der Waals surface area contributed by atoms with Gasteiger partial charge in [-0.15, -0.1) is 24.0 Å². The standard InChI is InChI=1S/C19H29F3N6.HI/c1-15-26-16-8-4-5-9-17(16)28(15)13-7-11-25-18(23-2)24-10-6-12-27(3)14-19(20,21)22;/h4-5,8-9H,6-7,10-14H2,1-3H3,(H2,23,24,25);1H. The van der Waals surface area contributed by atoms with Crippen LogP contribution >= 0.6 is 24.0 Å². The predicted molar refractivity (Wildman–Crippen MR) is 122 cm³/mol. The van der Waals surface area contributed by atoms with Gasteiger partial charge in [-0.05, 0) is 45.5 Å². The second kappa shape index (κ2) is 12.2. The van der Waals surface area contributed by atoms with Crippen LogP contribution in [0.3, 0.4) is 0 Å². The molecule has 1 aromatic heterocycles. The van der Waals surface area contributed by atoms with Crippen LogP contribution in [-0.4, -0.2) is 66.9 Å². The van der Waals surface area contributed by atoms with E-state index < -0.39 is 12.7 Å². The van der Waals surface area contributed by atoms with Crippen LogP contribution in [0.4, 0.5) is 13.2 Å². The molecule has 0 aliphatic carbocycles. The number of aromatic nitrogens is 2. The summed E-state index contributed by atoms with van der Waals surface area (Å²) in [4.78, 5) is 9.98. The molecule has 0 saturated heterocycles. The lowest BCUT2D eigenvalue weighted by Crippen LogP contribution is -2.39. The van der Waals surface area contributed by atoms with Crippen molar-refractivity contribution < 1.29 is 13.2 Å². The van der Waals surface area contributed by atoms with E-state index in [1.165, 1.54) is 11.9 Å². The molecule has 6 nitrogen and oxygen atoms in total. The number of halogens is 4. The third-order valence-corrected chi connectivity index (χ3v) is 4.38. The zero-order chi connectivity index (χ0) is 20.6. The highest BCUT2D eigenvalue weighted by Crippen LogP contribution is 2.16. The lowest BCUT2D eigenvalue weighted by atomic mass is 10.3. The number of imidazole rings is 1. The lowest BCUT2D eigenvalue weighted by Gasteiger charge is -2.19. The zero-order valence-corrected chi connectivity index (χ0v) is 19.4. The molecule has 0 spiro atoms. The number of fused-ring (bicyclic) bond motifs is 1. The van der Waals surface area contributed by atoms with Gasteiger partial charge < -0.3 is 15.2 Å². The Bertz CT molecular complexity index is 775. The maximum atomic E-state index is 12.3. The molecular formula is C19H30F3IN6. The van der Waals surface area contributed by atoms with E-state index in [1.807, 2.05) is 25.1 Å². The summed E-state index contributed by atoms with van der Waals surface area (Å²) in [5.41, 5.74) is 2.13. The summed E-state index contributed by atoms with van der Waals surface area (Å²) in [6.07, 6.45) is -2.65. The van der Waals surface area contributed by atoms with Crippen molar-refractivity contribution in [2.75, 3.05) is 40.3 Å². The number of hydrogen-bond acceptors (Lipinski definition) is 3. The molecule has 2 aromatic rings. The zero-order valence-electron chi connectivity index (χ0n) is 17.1. The van der Waals surface area contributed by atoms with E-state index in [4.69, 9.17) is 0 Å². The molecule has 0 atom stereocenters. The van der Waals surface area contributed by atoms with Crippen molar-refractivity contribution in [2.45, 2.75) is 32.5 Å². The summed E-state index contributed by atoms with van der Waals surface area (Å²) in [6.45, 7) is 3.63. The molecule has 0 amide bonds. The average Bonchev–Trinajstić information content (AvgIpc) is 2.94. The SMILES string of the molecule is CN=C(NCCCN(C)CC(F)(F)F)NCCCn1c(C)nc2ccccc21.I. The van der Waals surface area contributed by atoms with Gasteiger partial charge in [0.15, 0.2) is 5.96 Å². The van der Waals surface area contributed by atoms with Gasteiger partial charge in [0.05, 0.1) is 17.6 Å². The van der Waals surface area contributed by atoms with Crippen molar-refractivity contribution in [1.29, 1.82) is 0 Å². The molecule has 0 bridgehead atoms. The molecule has 0 aliphatic rings. The quantitative estimate of drug-likeness (QED) is 0.228. The predicted octanol–water partition coefficient (Wildman–Crippen LogP) is 3.40. The van der Waals surface area contributed by atoms with Crippen molar-refractivity contribution >= 4 is 41.0 Å². The van der Waals surface area contributed by atoms with Gasteiger partial charge in [0, 0.05) is 26.7 Å². The highest BCUT2D eigenvalue weighted by molar-refractivity contribution is 14.0. The second-order valence-corrected chi connectivity index (χ2v) is 6.79. The summed E-state index contributed by atoms with van der Waals surface area (Å²) in [5.74, 6) is 1.65. The molecule has 0 saturated carbocycles. The van der Waals surface area contributed by atoms with Crippen molar-refractivity contribution in [2.24, 2.45) is 4.99 Å². The maximum Gasteiger partial charge on any atom is 0.401 e. The molecule has 0 radical (unpaired) electrons. The van der Waals surface area contributed by atoms with Gasteiger partial charge in [-0.2, -0.15) is 13.2 Å². The van der Waals surface area contributed by atoms with Gasteiger partial charge >= 0.3 is 6.18 Å².